The number of hydrogen-bond acceptors (Lipinski definition) is 4. The van der Waals surface area contributed by atoms with Gasteiger partial charge in [-0.25, -0.2) is 0 Å². The van der Waals surface area contributed by atoms with E-state index in [2.05, 4.69) is 18.7 Å². The van der Waals surface area contributed by atoms with E-state index >= 15 is 0 Å². The first-order valence-corrected chi connectivity index (χ1v) is 7.78. The van der Waals surface area contributed by atoms with Crippen molar-refractivity contribution in [2.45, 2.75) is 59.1 Å². The number of hydrogen-bond donors (Lipinski definition) is 1. The zero-order valence-corrected chi connectivity index (χ0v) is 13.2. The van der Waals surface area contributed by atoms with Gasteiger partial charge in [0, 0.05) is 32.3 Å². The Morgan fingerprint density at radius 3 is 1.84 bits per heavy atom. The van der Waals surface area contributed by atoms with Gasteiger partial charge in [0.1, 0.15) is 0 Å². The van der Waals surface area contributed by atoms with Gasteiger partial charge in [0.2, 0.25) is 0 Å². The van der Waals surface area contributed by atoms with Crippen molar-refractivity contribution in [2.75, 3.05) is 39.5 Å². The van der Waals surface area contributed by atoms with Crippen LogP contribution in [0.5, 0.6) is 0 Å². The van der Waals surface area contributed by atoms with E-state index in [1.165, 1.54) is 0 Å². The summed E-state index contributed by atoms with van der Waals surface area (Å²) in [6, 6.07) is 0.209. The number of aliphatic hydroxyl groups is 1. The monoisotopic (exact) mass is 275 g/mol. The van der Waals surface area contributed by atoms with Crippen LogP contribution in [-0.2, 0) is 9.47 Å². The second-order valence-electron chi connectivity index (χ2n) is 4.76. The molecular weight excluding hydrogens is 242 g/mol. The van der Waals surface area contributed by atoms with E-state index in [1.807, 2.05) is 13.8 Å². The summed E-state index contributed by atoms with van der Waals surface area (Å²) in [4.78, 5) is 2.31. The highest BCUT2D eigenvalue weighted by Crippen LogP contribution is 2.13. The van der Waals surface area contributed by atoms with Gasteiger partial charge >= 0.3 is 0 Å². The molecule has 19 heavy (non-hydrogen) atoms. The second kappa shape index (κ2) is 12.9. The smallest absolute Gasteiger partial charge is 0.0695 e. The molecule has 0 aromatic heterocycles. The third kappa shape index (κ3) is 8.58. The summed E-state index contributed by atoms with van der Waals surface area (Å²) in [5.41, 5.74) is 0. The fraction of sp³-hybridized carbons (Fsp3) is 1.00. The van der Waals surface area contributed by atoms with Crippen molar-refractivity contribution < 1.29 is 14.6 Å². The predicted molar refractivity (Wildman–Crippen MR) is 79.6 cm³/mol. The fourth-order valence-electron chi connectivity index (χ4n) is 2.36. The number of rotatable bonds is 13. The lowest BCUT2D eigenvalue weighted by Crippen LogP contribution is -2.46. The minimum Gasteiger partial charge on any atom is -0.391 e. The summed E-state index contributed by atoms with van der Waals surface area (Å²) in [5.74, 6) is 0. The summed E-state index contributed by atoms with van der Waals surface area (Å²) in [6.45, 7) is 12.9. The van der Waals surface area contributed by atoms with Crippen molar-refractivity contribution in [1.29, 1.82) is 0 Å². The molecule has 0 rings (SSSR count). The van der Waals surface area contributed by atoms with Gasteiger partial charge in [-0.3, -0.25) is 4.90 Å². The molecule has 0 spiro atoms. The van der Waals surface area contributed by atoms with Crippen LogP contribution in [0.25, 0.3) is 0 Å². The lowest BCUT2D eigenvalue weighted by atomic mass is 10.0. The Bertz CT molecular complexity index is 180. The van der Waals surface area contributed by atoms with Crippen LogP contribution in [0.4, 0.5) is 0 Å². The Morgan fingerprint density at radius 1 is 0.947 bits per heavy atom. The van der Waals surface area contributed by atoms with Crippen LogP contribution < -0.4 is 0 Å². The molecule has 2 unspecified atom stereocenters. The van der Waals surface area contributed by atoms with Crippen LogP contribution in [0, 0.1) is 0 Å². The first kappa shape index (κ1) is 18.8. The molecule has 0 aromatic carbocycles. The molecule has 4 heteroatoms. The van der Waals surface area contributed by atoms with E-state index in [0.29, 0.717) is 0 Å². The molecule has 0 aliphatic rings. The highest BCUT2D eigenvalue weighted by Gasteiger charge is 2.23. The van der Waals surface area contributed by atoms with E-state index < -0.39 is 0 Å². The standard InChI is InChI=1S/C15H33NO3/c1-5-9-15(17)14(6-2)16(10-12-18-7-3)11-13-19-8-4/h14-15,17H,5-13H2,1-4H3. The molecule has 0 saturated heterocycles. The van der Waals surface area contributed by atoms with Crippen LogP contribution in [0.15, 0.2) is 0 Å². The Kier molecular flexibility index (Phi) is 12.7. The molecule has 0 aromatic rings. The molecule has 116 valence electrons. The zero-order valence-electron chi connectivity index (χ0n) is 13.2. The van der Waals surface area contributed by atoms with E-state index in [-0.39, 0.29) is 12.1 Å². The van der Waals surface area contributed by atoms with Gasteiger partial charge in [0.05, 0.1) is 19.3 Å². The lowest BCUT2D eigenvalue weighted by Gasteiger charge is -2.34. The molecule has 0 amide bonds. The first-order chi connectivity index (χ1) is 9.21. The van der Waals surface area contributed by atoms with Crippen LogP contribution in [0.3, 0.4) is 0 Å². The van der Waals surface area contributed by atoms with E-state index in [9.17, 15) is 5.11 Å². The molecule has 0 heterocycles. The third-order valence-electron chi connectivity index (χ3n) is 3.37. The minimum absolute atomic E-state index is 0.209. The van der Waals surface area contributed by atoms with Crippen LogP contribution in [0.2, 0.25) is 0 Å². The predicted octanol–water partition coefficient (Wildman–Crippen LogP) is 2.30. The molecule has 0 aliphatic carbocycles. The summed E-state index contributed by atoms with van der Waals surface area (Å²) in [5, 5.41) is 10.3. The Hall–Kier alpha value is -0.160. The summed E-state index contributed by atoms with van der Waals surface area (Å²) < 4.78 is 10.9. The topological polar surface area (TPSA) is 41.9 Å². The van der Waals surface area contributed by atoms with Gasteiger partial charge in [-0.1, -0.05) is 20.3 Å². The third-order valence-corrected chi connectivity index (χ3v) is 3.37. The van der Waals surface area contributed by atoms with Gasteiger partial charge < -0.3 is 14.6 Å². The average Bonchev–Trinajstić information content (AvgIpc) is 2.40. The molecule has 1 N–H and O–H groups in total. The highest BCUT2D eigenvalue weighted by atomic mass is 16.5. The lowest BCUT2D eigenvalue weighted by molar-refractivity contribution is 0.00665. The fourth-order valence-corrected chi connectivity index (χ4v) is 2.36. The number of nitrogens with zero attached hydrogens (tertiary/aromatic N) is 1. The van der Waals surface area contributed by atoms with Crippen LogP contribution in [-0.4, -0.2) is 61.7 Å². The van der Waals surface area contributed by atoms with E-state index in [1.54, 1.807) is 0 Å². The van der Waals surface area contributed by atoms with Gasteiger partial charge in [0.25, 0.3) is 0 Å². The maximum Gasteiger partial charge on any atom is 0.0695 e. The largest absolute Gasteiger partial charge is 0.391 e. The molecule has 0 bridgehead atoms. The van der Waals surface area contributed by atoms with Gasteiger partial charge in [-0.15, -0.1) is 0 Å². The van der Waals surface area contributed by atoms with Gasteiger partial charge in [-0.2, -0.15) is 0 Å². The molecule has 0 saturated carbocycles. The van der Waals surface area contributed by atoms with Crippen molar-refractivity contribution in [3.8, 4) is 0 Å². The minimum atomic E-state index is -0.252. The Morgan fingerprint density at radius 2 is 1.47 bits per heavy atom. The SMILES string of the molecule is CCCC(O)C(CC)N(CCOCC)CCOCC. The number of ether oxygens (including phenoxy) is 2. The summed E-state index contributed by atoms with van der Waals surface area (Å²) >= 11 is 0. The Labute approximate surface area is 119 Å². The highest BCUT2D eigenvalue weighted by molar-refractivity contribution is 4.78. The van der Waals surface area contributed by atoms with E-state index in [0.717, 1.165) is 58.8 Å². The molecule has 0 radical (unpaired) electrons. The average molecular weight is 275 g/mol. The van der Waals surface area contributed by atoms with Gasteiger partial charge in [0.15, 0.2) is 0 Å². The molecule has 2 atom stereocenters. The van der Waals surface area contributed by atoms with Crippen LogP contribution >= 0.6 is 0 Å². The molecule has 0 fully saturated rings. The maximum absolute atomic E-state index is 10.3. The van der Waals surface area contributed by atoms with Crippen molar-refractivity contribution in [3.63, 3.8) is 0 Å². The molecule has 0 aliphatic heterocycles. The quantitative estimate of drug-likeness (QED) is 0.524. The zero-order chi connectivity index (χ0) is 14.5. The van der Waals surface area contributed by atoms with Crippen LogP contribution in [0.1, 0.15) is 47.0 Å². The van der Waals surface area contributed by atoms with Crippen molar-refractivity contribution in [1.82, 2.24) is 4.90 Å². The van der Waals surface area contributed by atoms with Crippen molar-refractivity contribution >= 4 is 0 Å². The van der Waals surface area contributed by atoms with Crippen molar-refractivity contribution in [3.05, 3.63) is 0 Å². The normalized spacial score (nSPS) is 14.8. The Balaban J connectivity index is 4.36. The number of aliphatic hydroxyl groups excluding tert-OH is 1. The summed E-state index contributed by atoms with van der Waals surface area (Å²) in [6.07, 6.45) is 2.58. The van der Waals surface area contributed by atoms with E-state index in [4.69, 9.17) is 9.47 Å². The van der Waals surface area contributed by atoms with Gasteiger partial charge in [-0.05, 0) is 26.7 Å². The maximum atomic E-state index is 10.3. The molecular formula is C15H33NO3. The second-order valence-corrected chi connectivity index (χ2v) is 4.76. The van der Waals surface area contributed by atoms with Crippen molar-refractivity contribution in [2.24, 2.45) is 0 Å². The first-order valence-electron chi connectivity index (χ1n) is 7.78. The molecule has 4 nitrogen and oxygen atoms in total. The summed E-state index contributed by atoms with van der Waals surface area (Å²) in [7, 11) is 0.